The van der Waals surface area contributed by atoms with E-state index in [2.05, 4.69) is 12.2 Å². The Morgan fingerprint density at radius 3 is 2.50 bits per heavy atom. The first-order valence-electron chi connectivity index (χ1n) is 3.84. The Hall–Kier alpha value is -0.0551. The third kappa shape index (κ3) is 7.94. The SMILES string of the molecule is CCCCCNCB(O)O. The molecule has 0 aromatic rings. The van der Waals surface area contributed by atoms with Crippen molar-refractivity contribution in [3.05, 3.63) is 0 Å². The minimum absolute atomic E-state index is 0.281. The van der Waals surface area contributed by atoms with Crippen molar-refractivity contribution in [3.63, 3.8) is 0 Å². The zero-order valence-electron chi connectivity index (χ0n) is 6.51. The van der Waals surface area contributed by atoms with E-state index < -0.39 is 7.12 Å². The van der Waals surface area contributed by atoms with Crippen molar-refractivity contribution in [1.29, 1.82) is 0 Å². The normalized spacial score (nSPS) is 9.90. The molecule has 3 N–H and O–H groups in total. The third-order valence-electron chi connectivity index (χ3n) is 1.28. The van der Waals surface area contributed by atoms with Crippen LogP contribution in [0.15, 0.2) is 0 Å². The molecule has 0 atom stereocenters. The maximum atomic E-state index is 8.40. The van der Waals surface area contributed by atoms with Gasteiger partial charge in [0.1, 0.15) is 0 Å². The highest BCUT2D eigenvalue weighted by Crippen LogP contribution is 1.90. The zero-order valence-corrected chi connectivity index (χ0v) is 6.51. The van der Waals surface area contributed by atoms with Crippen molar-refractivity contribution in [2.24, 2.45) is 0 Å². The van der Waals surface area contributed by atoms with Crippen LogP contribution >= 0.6 is 0 Å². The average molecular weight is 145 g/mol. The first-order chi connectivity index (χ1) is 4.77. The summed E-state index contributed by atoms with van der Waals surface area (Å²) in [6, 6.07) is 0. The Morgan fingerprint density at radius 2 is 2.00 bits per heavy atom. The van der Waals surface area contributed by atoms with Crippen molar-refractivity contribution in [3.8, 4) is 0 Å². The van der Waals surface area contributed by atoms with E-state index in [1.54, 1.807) is 0 Å². The second kappa shape index (κ2) is 7.06. The molecule has 0 heterocycles. The Labute approximate surface area is 62.6 Å². The molecule has 0 amide bonds. The molecule has 0 aliphatic carbocycles. The van der Waals surface area contributed by atoms with E-state index in [0.29, 0.717) is 0 Å². The van der Waals surface area contributed by atoms with Crippen LogP contribution in [0.1, 0.15) is 26.2 Å². The highest BCUT2D eigenvalue weighted by Gasteiger charge is 2.03. The van der Waals surface area contributed by atoms with E-state index >= 15 is 0 Å². The standard InChI is InChI=1S/C6H16BNO2/c1-2-3-4-5-8-6-7(9)10/h8-10H,2-6H2,1H3. The van der Waals surface area contributed by atoms with Crippen molar-refractivity contribution in [2.75, 3.05) is 13.0 Å². The Bertz CT molecular complexity index is 70.8. The summed E-state index contributed by atoms with van der Waals surface area (Å²) < 4.78 is 0. The van der Waals surface area contributed by atoms with E-state index in [1.807, 2.05) is 0 Å². The predicted octanol–water partition coefficient (Wildman–Crippen LogP) is -0.222. The van der Waals surface area contributed by atoms with Crippen molar-refractivity contribution < 1.29 is 10.0 Å². The van der Waals surface area contributed by atoms with E-state index in [0.717, 1.165) is 13.0 Å². The van der Waals surface area contributed by atoms with E-state index in [1.165, 1.54) is 12.8 Å². The number of hydrogen-bond acceptors (Lipinski definition) is 3. The molecule has 0 bridgehead atoms. The molecule has 0 saturated carbocycles. The molecule has 0 fully saturated rings. The third-order valence-corrected chi connectivity index (χ3v) is 1.28. The second-order valence-electron chi connectivity index (χ2n) is 2.39. The highest BCUT2D eigenvalue weighted by molar-refractivity contribution is 6.41. The first-order valence-corrected chi connectivity index (χ1v) is 3.84. The lowest BCUT2D eigenvalue weighted by Gasteiger charge is -2.01. The van der Waals surface area contributed by atoms with Crippen LogP contribution in [-0.2, 0) is 0 Å². The van der Waals surface area contributed by atoms with Gasteiger partial charge in [0, 0.05) is 6.44 Å². The van der Waals surface area contributed by atoms with Gasteiger partial charge < -0.3 is 15.4 Å². The first kappa shape index (κ1) is 9.94. The number of nitrogens with one attached hydrogen (secondary N) is 1. The van der Waals surface area contributed by atoms with Crippen LogP contribution in [0.3, 0.4) is 0 Å². The minimum atomic E-state index is -1.21. The largest absolute Gasteiger partial charge is 0.466 e. The monoisotopic (exact) mass is 145 g/mol. The van der Waals surface area contributed by atoms with E-state index in [4.69, 9.17) is 10.0 Å². The number of hydrogen-bond donors (Lipinski definition) is 3. The summed E-state index contributed by atoms with van der Waals surface area (Å²) in [6.07, 6.45) is 3.80. The summed E-state index contributed by atoms with van der Waals surface area (Å²) in [4.78, 5) is 0. The Morgan fingerprint density at radius 1 is 1.30 bits per heavy atom. The van der Waals surface area contributed by atoms with E-state index in [-0.39, 0.29) is 6.44 Å². The lowest BCUT2D eigenvalue weighted by atomic mass is 9.92. The molecule has 0 unspecified atom stereocenters. The van der Waals surface area contributed by atoms with Gasteiger partial charge in [0.2, 0.25) is 0 Å². The van der Waals surface area contributed by atoms with Crippen molar-refractivity contribution >= 4 is 7.12 Å². The quantitative estimate of drug-likeness (QED) is 0.357. The van der Waals surface area contributed by atoms with Gasteiger partial charge in [0.05, 0.1) is 0 Å². The predicted molar refractivity (Wildman–Crippen MR) is 42.6 cm³/mol. The van der Waals surface area contributed by atoms with Gasteiger partial charge in [-0.05, 0) is 13.0 Å². The van der Waals surface area contributed by atoms with Crippen LogP contribution in [0, 0.1) is 0 Å². The molecule has 10 heavy (non-hydrogen) atoms. The van der Waals surface area contributed by atoms with Gasteiger partial charge in [-0.2, -0.15) is 0 Å². The van der Waals surface area contributed by atoms with Crippen LogP contribution in [0.25, 0.3) is 0 Å². The molecule has 0 aromatic carbocycles. The van der Waals surface area contributed by atoms with Gasteiger partial charge in [-0.3, -0.25) is 0 Å². The second-order valence-corrected chi connectivity index (χ2v) is 2.39. The smallest absolute Gasteiger partial charge is 0.426 e. The molecule has 0 saturated heterocycles. The highest BCUT2D eigenvalue weighted by atomic mass is 16.4. The van der Waals surface area contributed by atoms with Crippen LogP contribution in [-0.4, -0.2) is 30.2 Å². The van der Waals surface area contributed by atoms with Gasteiger partial charge in [-0.1, -0.05) is 19.8 Å². The molecular formula is C6H16BNO2. The topological polar surface area (TPSA) is 52.5 Å². The zero-order chi connectivity index (χ0) is 7.82. The lowest BCUT2D eigenvalue weighted by molar-refractivity contribution is 0.399. The fourth-order valence-corrected chi connectivity index (χ4v) is 0.731. The fourth-order valence-electron chi connectivity index (χ4n) is 0.731. The van der Waals surface area contributed by atoms with Gasteiger partial charge in [-0.25, -0.2) is 0 Å². The lowest BCUT2D eigenvalue weighted by Crippen LogP contribution is -2.31. The van der Waals surface area contributed by atoms with Gasteiger partial charge in [-0.15, -0.1) is 0 Å². The molecule has 0 aliphatic rings. The minimum Gasteiger partial charge on any atom is -0.426 e. The van der Waals surface area contributed by atoms with Crippen LogP contribution in [0.4, 0.5) is 0 Å². The maximum absolute atomic E-state index is 8.40. The summed E-state index contributed by atoms with van der Waals surface area (Å²) in [5, 5.41) is 19.7. The molecule has 0 rings (SSSR count). The van der Waals surface area contributed by atoms with Crippen LogP contribution in [0.2, 0.25) is 0 Å². The maximum Gasteiger partial charge on any atom is 0.466 e. The molecule has 4 heteroatoms. The summed E-state index contributed by atoms with van der Waals surface area (Å²) in [6.45, 7) is 3.02. The summed E-state index contributed by atoms with van der Waals surface area (Å²) in [5.41, 5.74) is 0. The average Bonchev–Trinajstić information content (AvgIpc) is 1.87. The van der Waals surface area contributed by atoms with Gasteiger partial charge in [0.25, 0.3) is 0 Å². The summed E-state index contributed by atoms with van der Waals surface area (Å²) in [5.74, 6) is 0. The van der Waals surface area contributed by atoms with E-state index in [9.17, 15) is 0 Å². The summed E-state index contributed by atoms with van der Waals surface area (Å²) >= 11 is 0. The molecule has 0 spiro atoms. The molecule has 0 aromatic heterocycles. The Kier molecular flexibility index (Phi) is 7.02. The summed E-state index contributed by atoms with van der Waals surface area (Å²) in [7, 11) is -1.21. The van der Waals surface area contributed by atoms with Crippen LogP contribution < -0.4 is 5.32 Å². The molecule has 0 radical (unpaired) electrons. The Balaban J connectivity index is 2.77. The van der Waals surface area contributed by atoms with Gasteiger partial charge >= 0.3 is 7.12 Å². The fraction of sp³-hybridized carbons (Fsp3) is 1.00. The van der Waals surface area contributed by atoms with Crippen molar-refractivity contribution in [2.45, 2.75) is 26.2 Å². The number of rotatable bonds is 6. The number of unbranched alkanes of at least 4 members (excludes halogenated alkanes) is 2. The van der Waals surface area contributed by atoms with Crippen molar-refractivity contribution in [1.82, 2.24) is 5.32 Å². The molecular weight excluding hydrogens is 129 g/mol. The molecule has 3 nitrogen and oxygen atoms in total. The molecule has 0 aliphatic heterocycles. The van der Waals surface area contributed by atoms with Gasteiger partial charge in [0.15, 0.2) is 0 Å². The van der Waals surface area contributed by atoms with Crippen LogP contribution in [0.5, 0.6) is 0 Å². The molecule has 60 valence electrons.